The summed E-state index contributed by atoms with van der Waals surface area (Å²) in [6.07, 6.45) is 0. The van der Waals surface area contributed by atoms with Crippen LogP contribution in [0.1, 0.15) is 5.56 Å². The third-order valence-electron chi connectivity index (χ3n) is 3.78. The molecule has 0 radical (unpaired) electrons. The topological polar surface area (TPSA) is 103 Å². The summed E-state index contributed by atoms with van der Waals surface area (Å²) in [5.41, 5.74) is 1.75. The zero-order valence-electron chi connectivity index (χ0n) is 13.9. The van der Waals surface area contributed by atoms with Gasteiger partial charge in [-0.25, -0.2) is 0 Å². The monoisotopic (exact) mass is 421 g/mol. The molecule has 1 aliphatic heterocycles. The molecule has 136 valence electrons. The van der Waals surface area contributed by atoms with Gasteiger partial charge in [0, 0.05) is 28.7 Å². The number of ether oxygens (including phenoxy) is 2. The van der Waals surface area contributed by atoms with Crippen LogP contribution in [-0.2, 0) is 4.79 Å². The number of aryl methyl sites for hydroxylation is 1. The number of non-ortho nitro benzene ring substituents is 1. The number of nitro benzene ring substituents is 1. The number of anilines is 2. The SMILES string of the molecule is Cc1ccc([N+](=O)[O-])cc1NC(=O)CNc1cc2c(cc1Br)OCCO2. The Balaban J connectivity index is 1.66. The van der Waals surface area contributed by atoms with Gasteiger partial charge >= 0.3 is 0 Å². The lowest BCUT2D eigenvalue weighted by atomic mass is 10.2. The van der Waals surface area contributed by atoms with Crippen molar-refractivity contribution in [2.45, 2.75) is 6.92 Å². The number of hydrogen-bond donors (Lipinski definition) is 2. The summed E-state index contributed by atoms with van der Waals surface area (Å²) in [7, 11) is 0. The van der Waals surface area contributed by atoms with Crippen molar-refractivity contribution in [3.8, 4) is 11.5 Å². The number of hydrogen-bond acceptors (Lipinski definition) is 6. The van der Waals surface area contributed by atoms with Crippen molar-refractivity contribution < 1.29 is 19.2 Å². The molecular weight excluding hydrogens is 406 g/mol. The van der Waals surface area contributed by atoms with E-state index in [1.165, 1.54) is 12.1 Å². The molecular formula is C17H16BrN3O5. The number of amides is 1. The van der Waals surface area contributed by atoms with Crippen LogP contribution in [0, 0.1) is 17.0 Å². The predicted molar refractivity (Wildman–Crippen MR) is 100 cm³/mol. The van der Waals surface area contributed by atoms with Crippen molar-refractivity contribution in [2.75, 3.05) is 30.4 Å². The van der Waals surface area contributed by atoms with E-state index in [-0.39, 0.29) is 18.1 Å². The van der Waals surface area contributed by atoms with Crippen molar-refractivity contribution in [3.63, 3.8) is 0 Å². The molecule has 0 aliphatic carbocycles. The van der Waals surface area contributed by atoms with Crippen LogP contribution in [0.25, 0.3) is 0 Å². The molecule has 9 heteroatoms. The maximum absolute atomic E-state index is 12.2. The predicted octanol–water partition coefficient (Wildman–Crippen LogP) is 3.49. The minimum Gasteiger partial charge on any atom is -0.486 e. The second-order valence-electron chi connectivity index (χ2n) is 5.63. The fourth-order valence-corrected chi connectivity index (χ4v) is 2.89. The third-order valence-corrected chi connectivity index (χ3v) is 4.43. The zero-order valence-corrected chi connectivity index (χ0v) is 15.5. The molecule has 0 fully saturated rings. The van der Waals surface area contributed by atoms with E-state index in [4.69, 9.17) is 9.47 Å². The van der Waals surface area contributed by atoms with E-state index in [0.29, 0.717) is 36.1 Å². The Kier molecular flexibility index (Phi) is 5.27. The summed E-state index contributed by atoms with van der Waals surface area (Å²) < 4.78 is 11.8. The summed E-state index contributed by atoms with van der Waals surface area (Å²) in [5.74, 6) is 0.928. The van der Waals surface area contributed by atoms with Gasteiger partial charge in [-0.2, -0.15) is 0 Å². The summed E-state index contributed by atoms with van der Waals surface area (Å²) in [6.45, 7) is 2.72. The maximum Gasteiger partial charge on any atom is 0.271 e. The minimum absolute atomic E-state index is 0.0135. The number of nitro groups is 1. The fraction of sp³-hybridized carbons (Fsp3) is 0.235. The van der Waals surface area contributed by atoms with Gasteiger partial charge in [0.25, 0.3) is 5.69 Å². The quantitative estimate of drug-likeness (QED) is 0.565. The van der Waals surface area contributed by atoms with E-state index < -0.39 is 4.92 Å². The number of nitrogens with zero attached hydrogens (tertiary/aromatic N) is 1. The summed E-state index contributed by atoms with van der Waals surface area (Å²) >= 11 is 3.42. The molecule has 0 bridgehead atoms. The van der Waals surface area contributed by atoms with Gasteiger partial charge < -0.3 is 20.1 Å². The molecule has 2 aromatic rings. The van der Waals surface area contributed by atoms with Crippen LogP contribution >= 0.6 is 15.9 Å². The van der Waals surface area contributed by atoms with Crippen LogP contribution in [0.3, 0.4) is 0 Å². The van der Waals surface area contributed by atoms with Gasteiger partial charge in [-0.1, -0.05) is 6.07 Å². The lowest BCUT2D eigenvalue weighted by Gasteiger charge is -2.20. The first kappa shape index (κ1) is 18.0. The standard InChI is InChI=1S/C17H16BrN3O5/c1-10-2-3-11(21(23)24)6-13(10)20-17(22)9-19-14-8-16-15(7-12(14)18)25-4-5-26-16/h2-3,6-8,19H,4-5,9H2,1H3,(H,20,22). The van der Waals surface area contributed by atoms with Gasteiger partial charge in [-0.05, 0) is 28.4 Å². The number of fused-ring (bicyclic) bond motifs is 1. The molecule has 0 unspecified atom stereocenters. The second kappa shape index (κ2) is 7.61. The van der Waals surface area contributed by atoms with Crippen molar-refractivity contribution >= 4 is 38.9 Å². The summed E-state index contributed by atoms with van der Waals surface area (Å²) in [5, 5.41) is 16.6. The highest BCUT2D eigenvalue weighted by Gasteiger charge is 2.16. The Morgan fingerprint density at radius 3 is 2.58 bits per heavy atom. The molecule has 1 amide bonds. The summed E-state index contributed by atoms with van der Waals surface area (Å²) in [6, 6.07) is 7.87. The summed E-state index contributed by atoms with van der Waals surface area (Å²) in [4.78, 5) is 22.6. The van der Waals surface area contributed by atoms with Crippen molar-refractivity contribution in [1.29, 1.82) is 0 Å². The minimum atomic E-state index is -0.500. The van der Waals surface area contributed by atoms with E-state index in [1.54, 1.807) is 25.1 Å². The second-order valence-corrected chi connectivity index (χ2v) is 6.49. The third kappa shape index (κ3) is 4.05. The van der Waals surface area contributed by atoms with Crippen LogP contribution in [0.15, 0.2) is 34.8 Å². The Morgan fingerprint density at radius 1 is 1.19 bits per heavy atom. The largest absolute Gasteiger partial charge is 0.486 e. The Hall–Kier alpha value is -2.81. The first-order chi connectivity index (χ1) is 12.4. The highest BCUT2D eigenvalue weighted by Crippen LogP contribution is 2.38. The molecule has 3 rings (SSSR count). The number of carbonyl (C=O) groups is 1. The molecule has 2 N–H and O–H groups in total. The molecule has 1 heterocycles. The van der Waals surface area contributed by atoms with Crippen molar-refractivity contribution in [3.05, 3.63) is 50.5 Å². The number of carbonyl (C=O) groups excluding carboxylic acids is 1. The fourth-order valence-electron chi connectivity index (χ4n) is 2.43. The lowest BCUT2D eigenvalue weighted by molar-refractivity contribution is -0.384. The van der Waals surface area contributed by atoms with E-state index in [0.717, 1.165) is 10.0 Å². The Labute approximate surface area is 157 Å². The molecule has 0 spiro atoms. The Morgan fingerprint density at radius 2 is 1.88 bits per heavy atom. The van der Waals surface area contributed by atoms with Gasteiger partial charge in [0.15, 0.2) is 11.5 Å². The van der Waals surface area contributed by atoms with E-state index >= 15 is 0 Å². The van der Waals surface area contributed by atoms with Crippen LogP contribution < -0.4 is 20.1 Å². The molecule has 2 aromatic carbocycles. The first-order valence-corrected chi connectivity index (χ1v) is 8.61. The van der Waals surface area contributed by atoms with E-state index in [9.17, 15) is 14.9 Å². The molecule has 0 atom stereocenters. The van der Waals surface area contributed by atoms with Crippen LogP contribution in [0.2, 0.25) is 0 Å². The molecule has 0 saturated heterocycles. The first-order valence-electron chi connectivity index (χ1n) is 7.82. The average molecular weight is 422 g/mol. The van der Waals surface area contributed by atoms with E-state index in [2.05, 4.69) is 26.6 Å². The Bertz CT molecular complexity index is 872. The molecule has 1 aliphatic rings. The van der Waals surface area contributed by atoms with Gasteiger partial charge in [0.2, 0.25) is 5.91 Å². The highest BCUT2D eigenvalue weighted by atomic mass is 79.9. The van der Waals surface area contributed by atoms with Crippen LogP contribution in [-0.4, -0.2) is 30.6 Å². The van der Waals surface area contributed by atoms with Crippen molar-refractivity contribution in [1.82, 2.24) is 0 Å². The zero-order chi connectivity index (χ0) is 18.7. The highest BCUT2D eigenvalue weighted by molar-refractivity contribution is 9.10. The van der Waals surface area contributed by atoms with Crippen molar-refractivity contribution in [2.24, 2.45) is 0 Å². The van der Waals surface area contributed by atoms with Gasteiger partial charge in [0.05, 0.1) is 22.8 Å². The molecule has 0 aromatic heterocycles. The number of benzene rings is 2. The number of rotatable bonds is 5. The maximum atomic E-state index is 12.2. The normalized spacial score (nSPS) is 12.4. The van der Waals surface area contributed by atoms with E-state index in [1.807, 2.05) is 0 Å². The van der Waals surface area contributed by atoms with Gasteiger partial charge in [0.1, 0.15) is 13.2 Å². The van der Waals surface area contributed by atoms with Gasteiger partial charge in [-0.15, -0.1) is 0 Å². The molecule has 26 heavy (non-hydrogen) atoms. The number of halogens is 1. The number of nitrogens with one attached hydrogen (secondary N) is 2. The van der Waals surface area contributed by atoms with Gasteiger partial charge in [-0.3, -0.25) is 14.9 Å². The average Bonchev–Trinajstić information content (AvgIpc) is 2.61. The molecule has 0 saturated carbocycles. The van der Waals surface area contributed by atoms with Crippen LogP contribution in [0.4, 0.5) is 17.1 Å². The van der Waals surface area contributed by atoms with Crippen LogP contribution in [0.5, 0.6) is 11.5 Å². The lowest BCUT2D eigenvalue weighted by Crippen LogP contribution is -2.22. The smallest absolute Gasteiger partial charge is 0.271 e. The molecule has 8 nitrogen and oxygen atoms in total.